The van der Waals surface area contributed by atoms with Gasteiger partial charge in [0.2, 0.25) is 0 Å². The first-order valence-electron chi connectivity index (χ1n) is 7.15. The fourth-order valence-corrected chi connectivity index (χ4v) is 2.99. The summed E-state index contributed by atoms with van der Waals surface area (Å²) in [6.45, 7) is 1.49. The molecule has 2 aliphatic rings. The summed E-state index contributed by atoms with van der Waals surface area (Å²) in [7, 11) is 0. The van der Waals surface area contributed by atoms with Crippen LogP contribution in [0.5, 0.6) is 0 Å². The molecule has 2 amide bonds. The van der Waals surface area contributed by atoms with Gasteiger partial charge in [0.1, 0.15) is 6.10 Å². The fraction of sp³-hybridized carbons (Fsp3) is 0.467. The summed E-state index contributed by atoms with van der Waals surface area (Å²) in [4.78, 5) is 26.1. The van der Waals surface area contributed by atoms with E-state index in [1.807, 2.05) is 30.3 Å². The monoisotopic (exact) mass is 290 g/mol. The highest BCUT2D eigenvalue weighted by Crippen LogP contribution is 2.30. The Hall–Kier alpha value is -2.24. The molecule has 2 fully saturated rings. The van der Waals surface area contributed by atoms with Crippen molar-refractivity contribution in [2.24, 2.45) is 0 Å². The molecule has 0 saturated carbocycles. The van der Waals surface area contributed by atoms with Gasteiger partial charge >= 0.3 is 12.2 Å². The molecule has 21 heavy (non-hydrogen) atoms. The molecule has 2 heterocycles. The van der Waals surface area contributed by atoms with Crippen LogP contribution in [0.15, 0.2) is 30.3 Å². The van der Waals surface area contributed by atoms with Crippen LogP contribution in [-0.4, -0.2) is 52.8 Å². The number of carboxylic acid groups (broad SMARTS) is 1. The minimum absolute atomic E-state index is 0.0711. The topological polar surface area (TPSA) is 70.1 Å². The average molecular weight is 290 g/mol. The SMILES string of the molecule is O=C(O)N1CCC(N2C[C@H](c3ccccc3)OC2=O)CC1. The summed E-state index contributed by atoms with van der Waals surface area (Å²) >= 11 is 0. The Morgan fingerprint density at radius 2 is 1.86 bits per heavy atom. The van der Waals surface area contributed by atoms with Gasteiger partial charge in [-0.05, 0) is 18.4 Å². The molecule has 0 unspecified atom stereocenters. The molecule has 0 radical (unpaired) electrons. The van der Waals surface area contributed by atoms with E-state index in [0.29, 0.717) is 32.5 Å². The van der Waals surface area contributed by atoms with Gasteiger partial charge in [0, 0.05) is 19.1 Å². The van der Waals surface area contributed by atoms with Crippen LogP contribution in [0, 0.1) is 0 Å². The molecule has 2 aliphatic heterocycles. The van der Waals surface area contributed by atoms with Gasteiger partial charge in [-0.3, -0.25) is 0 Å². The Kier molecular flexibility index (Phi) is 3.68. The third-order valence-corrected chi connectivity index (χ3v) is 4.19. The maximum absolute atomic E-state index is 12.0. The molecule has 112 valence electrons. The highest BCUT2D eigenvalue weighted by Gasteiger charge is 2.38. The van der Waals surface area contributed by atoms with Crippen LogP contribution in [0.4, 0.5) is 9.59 Å². The highest BCUT2D eigenvalue weighted by atomic mass is 16.6. The van der Waals surface area contributed by atoms with Gasteiger partial charge in [-0.1, -0.05) is 30.3 Å². The molecule has 2 saturated heterocycles. The second-order valence-electron chi connectivity index (χ2n) is 5.44. The summed E-state index contributed by atoms with van der Waals surface area (Å²) in [6, 6.07) is 9.76. The number of likely N-dealkylation sites (tertiary alicyclic amines) is 1. The summed E-state index contributed by atoms with van der Waals surface area (Å²) in [6.07, 6.45) is -0.0697. The Balaban J connectivity index is 1.63. The quantitative estimate of drug-likeness (QED) is 0.907. The largest absolute Gasteiger partial charge is 0.465 e. The second kappa shape index (κ2) is 5.63. The van der Waals surface area contributed by atoms with Crippen LogP contribution in [0.3, 0.4) is 0 Å². The Bertz CT molecular complexity index is 526. The van der Waals surface area contributed by atoms with Crippen molar-refractivity contribution >= 4 is 12.2 Å². The molecule has 6 nitrogen and oxygen atoms in total. The van der Waals surface area contributed by atoms with E-state index >= 15 is 0 Å². The van der Waals surface area contributed by atoms with Gasteiger partial charge in [0.15, 0.2) is 0 Å². The van der Waals surface area contributed by atoms with Crippen LogP contribution in [0.25, 0.3) is 0 Å². The first-order valence-corrected chi connectivity index (χ1v) is 7.15. The molecule has 6 heteroatoms. The van der Waals surface area contributed by atoms with Crippen molar-refractivity contribution in [3.63, 3.8) is 0 Å². The predicted molar refractivity (Wildman–Crippen MR) is 75.0 cm³/mol. The van der Waals surface area contributed by atoms with Gasteiger partial charge in [0.25, 0.3) is 0 Å². The molecular formula is C15H18N2O4. The van der Waals surface area contributed by atoms with Crippen molar-refractivity contribution in [1.29, 1.82) is 0 Å². The van der Waals surface area contributed by atoms with Gasteiger partial charge in [0.05, 0.1) is 6.54 Å². The third kappa shape index (κ3) is 2.79. The maximum atomic E-state index is 12.0. The van der Waals surface area contributed by atoms with Crippen LogP contribution in [0.1, 0.15) is 24.5 Å². The number of carbonyl (C=O) groups is 2. The van der Waals surface area contributed by atoms with Crippen molar-refractivity contribution in [3.05, 3.63) is 35.9 Å². The molecule has 0 aromatic heterocycles. The summed E-state index contributed by atoms with van der Waals surface area (Å²) in [5.74, 6) is 0. The number of amides is 2. The van der Waals surface area contributed by atoms with Gasteiger partial charge in [-0.2, -0.15) is 0 Å². The fourth-order valence-electron chi connectivity index (χ4n) is 2.99. The molecule has 0 bridgehead atoms. The number of hydrogen-bond acceptors (Lipinski definition) is 3. The lowest BCUT2D eigenvalue weighted by Gasteiger charge is -2.34. The van der Waals surface area contributed by atoms with Gasteiger partial charge < -0.3 is 19.6 Å². The highest BCUT2D eigenvalue weighted by molar-refractivity contribution is 5.71. The minimum atomic E-state index is -0.889. The van der Waals surface area contributed by atoms with Crippen molar-refractivity contribution in [3.8, 4) is 0 Å². The van der Waals surface area contributed by atoms with Crippen LogP contribution in [0.2, 0.25) is 0 Å². The van der Waals surface area contributed by atoms with Crippen molar-refractivity contribution < 1.29 is 19.4 Å². The smallest absolute Gasteiger partial charge is 0.410 e. The molecule has 0 aliphatic carbocycles. The zero-order valence-electron chi connectivity index (χ0n) is 11.6. The Labute approximate surface area is 122 Å². The molecule has 1 aromatic rings. The average Bonchev–Trinajstić information content (AvgIpc) is 2.90. The molecule has 1 N–H and O–H groups in total. The lowest BCUT2D eigenvalue weighted by Crippen LogP contribution is -2.46. The molecular weight excluding hydrogens is 272 g/mol. The number of nitrogens with zero attached hydrogens (tertiary/aromatic N) is 2. The third-order valence-electron chi connectivity index (χ3n) is 4.19. The Morgan fingerprint density at radius 1 is 1.19 bits per heavy atom. The molecule has 1 aromatic carbocycles. The van der Waals surface area contributed by atoms with Crippen molar-refractivity contribution in [1.82, 2.24) is 9.80 Å². The first-order chi connectivity index (χ1) is 10.1. The number of benzene rings is 1. The second-order valence-corrected chi connectivity index (χ2v) is 5.44. The standard InChI is InChI=1S/C15H18N2O4/c18-14(19)16-8-6-12(7-9-16)17-10-13(21-15(17)20)11-4-2-1-3-5-11/h1-5,12-13H,6-10H2,(H,18,19)/t13-/m1/s1. The zero-order valence-corrected chi connectivity index (χ0v) is 11.6. The number of cyclic esters (lactones) is 1. The summed E-state index contributed by atoms with van der Waals surface area (Å²) in [5, 5.41) is 8.95. The lowest BCUT2D eigenvalue weighted by molar-refractivity contribution is 0.103. The number of ether oxygens (including phenoxy) is 1. The van der Waals surface area contributed by atoms with Crippen molar-refractivity contribution in [2.75, 3.05) is 19.6 Å². The van der Waals surface area contributed by atoms with E-state index < -0.39 is 6.09 Å². The van der Waals surface area contributed by atoms with E-state index in [9.17, 15) is 9.59 Å². The van der Waals surface area contributed by atoms with Crippen molar-refractivity contribution in [2.45, 2.75) is 25.0 Å². The van der Waals surface area contributed by atoms with E-state index in [1.54, 1.807) is 4.90 Å². The maximum Gasteiger partial charge on any atom is 0.410 e. The van der Waals surface area contributed by atoms with E-state index in [2.05, 4.69) is 0 Å². The van der Waals surface area contributed by atoms with E-state index in [1.165, 1.54) is 4.90 Å². The number of piperidine rings is 1. The minimum Gasteiger partial charge on any atom is -0.465 e. The van der Waals surface area contributed by atoms with Gasteiger partial charge in [-0.15, -0.1) is 0 Å². The zero-order chi connectivity index (χ0) is 14.8. The first kappa shape index (κ1) is 13.7. The number of rotatable bonds is 2. The molecule has 3 rings (SSSR count). The van der Waals surface area contributed by atoms with Gasteiger partial charge in [-0.25, -0.2) is 9.59 Å². The summed E-state index contributed by atoms with van der Waals surface area (Å²) < 4.78 is 5.44. The molecule has 1 atom stereocenters. The van der Waals surface area contributed by atoms with Crippen LogP contribution >= 0.6 is 0 Å². The number of carbonyl (C=O) groups excluding carboxylic acids is 1. The Morgan fingerprint density at radius 3 is 2.48 bits per heavy atom. The summed E-state index contributed by atoms with van der Waals surface area (Å²) in [5.41, 5.74) is 0.997. The van der Waals surface area contributed by atoms with E-state index in [4.69, 9.17) is 9.84 Å². The number of hydrogen-bond donors (Lipinski definition) is 1. The van der Waals surface area contributed by atoms with Crippen LogP contribution in [-0.2, 0) is 4.74 Å². The lowest BCUT2D eigenvalue weighted by atomic mass is 10.0. The molecule has 0 spiro atoms. The van der Waals surface area contributed by atoms with E-state index in [-0.39, 0.29) is 18.2 Å². The normalized spacial score (nSPS) is 23.2. The van der Waals surface area contributed by atoms with Crippen LogP contribution < -0.4 is 0 Å². The van der Waals surface area contributed by atoms with E-state index in [0.717, 1.165) is 5.56 Å². The predicted octanol–water partition coefficient (Wildman–Crippen LogP) is 2.32.